The van der Waals surface area contributed by atoms with E-state index in [1.165, 1.54) is 19.2 Å². The van der Waals surface area contributed by atoms with Gasteiger partial charge >= 0.3 is 0 Å². The molecule has 1 N–H and O–H groups in total. The second-order valence-electron chi connectivity index (χ2n) is 6.31. The smallest absolute Gasteiger partial charge is 0.274 e. The van der Waals surface area contributed by atoms with Crippen LogP contribution in [0.1, 0.15) is 21.7 Å². The lowest BCUT2D eigenvalue weighted by Crippen LogP contribution is -2.37. The van der Waals surface area contributed by atoms with Gasteiger partial charge in [0, 0.05) is 47.9 Å². The summed E-state index contributed by atoms with van der Waals surface area (Å²) in [4.78, 5) is 26.0. The van der Waals surface area contributed by atoms with Gasteiger partial charge in [0.25, 0.3) is 11.5 Å². The van der Waals surface area contributed by atoms with Gasteiger partial charge in [-0.25, -0.2) is 4.68 Å². The van der Waals surface area contributed by atoms with Crippen molar-refractivity contribution < 1.29 is 4.79 Å². The van der Waals surface area contributed by atoms with Crippen LogP contribution in [0.3, 0.4) is 0 Å². The maximum atomic E-state index is 12.8. The highest BCUT2D eigenvalue weighted by Gasteiger charge is 2.27. The van der Waals surface area contributed by atoms with Crippen molar-refractivity contribution in [3.05, 3.63) is 67.7 Å². The number of H-pyrrole nitrogens is 1. The van der Waals surface area contributed by atoms with Crippen molar-refractivity contribution >= 4 is 29.1 Å². The Morgan fingerprint density at radius 1 is 1.22 bits per heavy atom. The zero-order valence-corrected chi connectivity index (χ0v) is 15.9. The summed E-state index contributed by atoms with van der Waals surface area (Å²) < 4.78 is 1.15. The minimum atomic E-state index is -0.262. The average Bonchev–Trinajstić information content (AvgIpc) is 3.06. The van der Waals surface area contributed by atoms with Gasteiger partial charge in [0.2, 0.25) is 0 Å². The molecule has 0 unspecified atom stereocenters. The molecule has 0 spiro atoms. The first-order valence-corrected chi connectivity index (χ1v) is 9.05. The van der Waals surface area contributed by atoms with Crippen LogP contribution in [0.2, 0.25) is 10.0 Å². The number of nitrogens with zero attached hydrogens (tertiary/aromatic N) is 4. The largest absolute Gasteiger partial charge is 0.332 e. The predicted octanol–water partition coefficient (Wildman–Crippen LogP) is 2.68. The monoisotopic (exact) mass is 403 g/mol. The van der Waals surface area contributed by atoms with Gasteiger partial charge in [-0.15, -0.1) is 0 Å². The molecule has 1 amide bonds. The van der Waals surface area contributed by atoms with Crippen LogP contribution in [0.5, 0.6) is 0 Å². The molecular weight excluding hydrogens is 389 g/mol. The lowest BCUT2D eigenvalue weighted by molar-refractivity contribution is 0.0726. The highest BCUT2D eigenvalue weighted by atomic mass is 35.5. The molecule has 1 aromatic carbocycles. The van der Waals surface area contributed by atoms with Gasteiger partial charge in [-0.1, -0.05) is 23.2 Å². The molecule has 9 heteroatoms. The molecule has 0 saturated carbocycles. The Bertz CT molecular complexity index is 1110. The van der Waals surface area contributed by atoms with E-state index in [4.69, 9.17) is 23.2 Å². The highest BCUT2D eigenvalue weighted by molar-refractivity contribution is 6.36. The van der Waals surface area contributed by atoms with Crippen LogP contribution >= 0.6 is 23.2 Å². The van der Waals surface area contributed by atoms with E-state index in [1.807, 2.05) is 6.07 Å². The van der Waals surface area contributed by atoms with Crippen molar-refractivity contribution in [3.8, 4) is 11.3 Å². The number of aromatic nitrogens is 4. The molecule has 27 heavy (non-hydrogen) atoms. The quantitative estimate of drug-likeness (QED) is 0.712. The molecule has 0 atom stereocenters. The van der Waals surface area contributed by atoms with Crippen LogP contribution in [0, 0.1) is 0 Å². The molecule has 0 aliphatic carbocycles. The number of carbonyl (C=O) groups is 1. The Labute approximate surface area is 164 Å². The summed E-state index contributed by atoms with van der Waals surface area (Å²) in [6.07, 6.45) is 0.644. The van der Waals surface area contributed by atoms with Gasteiger partial charge in [0.1, 0.15) is 5.69 Å². The fourth-order valence-electron chi connectivity index (χ4n) is 3.15. The maximum absolute atomic E-state index is 12.8. The fourth-order valence-corrected chi connectivity index (χ4v) is 3.65. The van der Waals surface area contributed by atoms with Crippen molar-refractivity contribution in [2.24, 2.45) is 7.05 Å². The molecule has 1 aliphatic rings. The second-order valence-corrected chi connectivity index (χ2v) is 7.15. The number of aryl methyl sites for hydroxylation is 1. The van der Waals surface area contributed by atoms with Gasteiger partial charge in [0.05, 0.1) is 17.3 Å². The molecule has 0 fully saturated rings. The number of carbonyl (C=O) groups excluding carboxylic acids is 1. The molecule has 1 aliphatic heterocycles. The number of nitrogens with one attached hydrogen (secondary N) is 1. The van der Waals surface area contributed by atoms with Crippen molar-refractivity contribution in [1.29, 1.82) is 0 Å². The van der Waals surface area contributed by atoms with Gasteiger partial charge in [-0.3, -0.25) is 14.7 Å². The number of fused-ring (bicyclic) bond motifs is 1. The van der Waals surface area contributed by atoms with E-state index in [1.54, 1.807) is 17.0 Å². The number of amides is 1. The van der Waals surface area contributed by atoms with E-state index < -0.39 is 0 Å². The summed E-state index contributed by atoms with van der Waals surface area (Å²) in [7, 11) is 1.52. The van der Waals surface area contributed by atoms with Crippen molar-refractivity contribution in [3.63, 3.8) is 0 Å². The normalized spacial score (nSPS) is 13.5. The third-order valence-corrected chi connectivity index (χ3v) is 5.13. The highest BCUT2D eigenvalue weighted by Crippen LogP contribution is 2.34. The first-order chi connectivity index (χ1) is 12.9. The zero-order chi connectivity index (χ0) is 19.1. The van der Waals surface area contributed by atoms with Crippen molar-refractivity contribution in [2.75, 3.05) is 6.54 Å². The van der Waals surface area contributed by atoms with E-state index in [9.17, 15) is 9.59 Å². The van der Waals surface area contributed by atoms with Crippen LogP contribution in [-0.2, 0) is 20.0 Å². The lowest BCUT2D eigenvalue weighted by Gasteiger charge is -2.27. The van der Waals surface area contributed by atoms with E-state index in [0.29, 0.717) is 35.2 Å². The van der Waals surface area contributed by atoms with Gasteiger partial charge in [-0.05, 0) is 24.3 Å². The second kappa shape index (κ2) is 6.83. The summed E-state index contributed by atoms with van der Waals surface area (Å²) in [5, 5.41) is 12.5. The molecule has 3 aromatic rings. The number of aromatic amines is 1. The lowest BCUT2D eigenvalue weighted by atomic mass is 10.0. The van der Waals surface area contributed by atoms with Crippen LogP contribution in [-0.4, -0.2) is 37.3 Å². The third kappa shape index (κ3) is 3.24. The molecule has 0 bridgehead atoms. The molecule has 138 valence electrons. The standard InChI is InChI=1S/C18H15Cl2N5O2/c1-24-16(26)5-4-15(23-24)18(27)25-7-6-14-12(9-25)17(22-21-14)11-3-2-10(19)8-13(11)20/h2-5,8H,6-7,9H2,1H3,(H,21,22). The molecule has 2 aromatic heterocycles. The number of hydrogen-bond donors (Lipinski definition) is 1. The number of hydrogen-bond acceptors (Lipinski definition) is 4. The Hall–Kier alpha value is -2.64. The fraction of sp³-hybridized carbons (Fsp3) is 0.222. The summed E-state index contributed by atoms with van der Waals surface area (Å²) in [5.74, 6) is -0.231. The van der Waals surface area contributed by atoms with Crippen LogP contribution in [0.15, 0.2) is 35.1 Å². The molecule has 0 saturated heterocycles. The first kappa shape index (κ1) is 17.8. The van der Waals surface area contributed by atoms with E-state index in [-0.39, 0.29) is 17.2 Å². The average molecular weight is 404 g/mol. The summed E-state index contributed by atoms with van der Waals surface area (Å²) in [6.45, 7) is 0.913. The first-order valence-electron chi connectivity index (χ1n) is 8.29. The van der Waals surface area contributed by atoms with Crippen LogP contribution in [0.4, 0.5) is 0 Å². The molecule has 7 nitrogen and oxygen atoms in total. The predicted molar refractivity (Wildman–Crippen MR) is 102 cm³/mol. The SMILES string of the molecule is Cn1nc(C(=O)N2CCc3[nH]nc(-c4ccc(Cl)cc4Cl)c3C2)ccc1=O. The van der Waals surface area contributed by atoms with Gasteiger partial charge in [-0.2, -0.15) is 10.2 Å². The summed E-state index contributed by atoms with van der Waals surface area (Å²) >= 11 is 12.3. The van der Waals surface area contributed by atoms with E-state index in [0.717, 1.165) is 21.5 Å². The molecule has 3 heterocycles. The Morgan fingerprint density at radius 3 is 2.78 bits per heavy atom. The Balaban J connectivity index is 1.66. The van der Waals surface area contributed by atoms with Crippen LogP contribution < -0.4 is 5.56 Å². The van der Waals surface area contributed by atoms with Gasteiger partial charge in [0.15, 0.2) is 0 Å². The zero-order valence-electron chi connectivity index (χ0n) is 14.4. The molecule has 4 rings (SSSR count). The molecular formula is C18H15Cl2N5O2. The molecule has 0 radical (unpaired) electrons. The third-order valence-electron chi connectivity index (χ3n) is 4.59. The summed E-state index contributed by atoms with van der Waals surface area (Å²) in [5.41, 5.74) is 3.33. The van der Waals surface area contributed by atoms with E-state index in [2.05, 4.69) is 15.3 Å². The number of rotatable bonds is 2. The number of benzene rings is 1. The Kier molecular flexibility index (Phi) is 4.49. The van der Waals surface area contributed by atoms with Crippen LogP contribution in [0.25, 0.3) is 11.3 Å². The van der Waals surface area contributed by atoms with Gasteiger partial charge < -0.3 is 4.90 Å². The Morgan fingerprint density at radius 2 is 2.04 bits per heavy atom. The topological polar surface area (TPSA) is 83.9 Å². The van der Waals surface area contributed by atoms with Crippen molar-refractivity contribution in [2.45, 2.75) is 13.0 Å². The van der Waals surface area contributed by atoms with E-state index >= 15 is 0 Å². The van der Waals surface area contributed by atoms with Crippen molar-refractivity contribution in [1.82, 2.24) is 24.9 Å². The minimum Gasteiger partial charge on any atom is -0.332 e. The summed E-state index contributed by atoms with van der Waals surface area (Å²) in [6, 6.07) is 8.03. The number of halogens is 2. The maximum Gasteiger partial charge on any atom is 0.274 e. The minimum absolute atomic E-state index is 0.231.